The van der Waals surface area contributed by atoms with Crippen LogP contribution < -0.4 is 10.6 Å². The Kier molecular flexibility index (Phi) is 4.33. The number of carboxylic acid groups (broad SMARTS) is 1. The lowest BCUT2D eigenvalue weighted by Gasteiger charge is -2.28. The summed E-state index contributed by atoms with van der Waals surface area (Å²) in [6.07, 6.45) is -5.07. The number of carboxylic acids is 1. The van der Waals surface area contributed by atoms with E-state index < -0.39 is 30.1 Å². The first-order valence-electron chi connectivity index (χ1n) is 5.21. The maximum atomic E-state index is 12.6. The number of carbonyl (C=O) groups is 2. The minimum Gasteiger partial charge on any atom is -0.480 e. The largest absolute Gasteiger partial charge is 0.480 e. The molecule has 0 aliphatic carbocycles. The Morgan fingerprint density at radius 1 is 1.35 bits per heavy atom. The SMILES string of the molecule is Cc1nnc(NC(=O)CNC(C)(C(=O)O)C(F)(F)F)o1. The van der Waals surface area contributed by atoms with Crippen molar-refractivity contribution < 1.29 is 32.3 Å². The molecule has 0 saturated carbocycles. The number of rotatable bonds is 5. The average Bonchev–Trinajstić information content (AvgIpc) is 2.69. The second kappa shape index (κ2) is 5.45. The number of hydrogen-bond donors (Lipinski definition) is 3. The van der Waals surface area contributed by atoms with E-state index in [1.165, 1.54) is 6.92 Å². The first-order chi connectivity index (χ1) is 9.06. The van der Waals surface area contributed by atoms with Crippen LogP contribution in [0.15, 0.2) is 4.42 Å². The molecule has 11 heteroatoms. The van der Waals surface area contributed by atoms with E-state index in [1.54, 1.807) is 5.32 Å². The van der Waals surface area contributed by atoms with E-state index in [4.69, 9.17) is 9.52 Å². The van der Waals surface area contributed by atoms with Crippen LogP contribution in [0.25, 0.3) is 0 Å². The molecule has 1 heterocycles. The number of halogens is 3. The molecule has 0 radical (unpaired) electrons. The Labute approximate surface area is 110 Å². The van der Waals surface area contributed by atoms with E-state index in [2.05, 4.69) is 10.2 Å². The minimum atomic E-state index is -5.07. The zero-order valence-electron chi connectivity index (χ0n) is 10.4. The summed E-state index contributed by atoms with van der Waals surface area (Å²) >= 11 is 0. The number of alkyl halides is 3. The number of aryl methyl sites for hydroxylation is 1. The summed E-state index contributed by atoms with van der Waals surface area (Å²) in [5.74, 6) is -2.95. The molecule has 0 aliphatic heterocycles. The highest BCUT2D eigenvalue weighted by molar-refractivity contribution is 5.91. The van der Waals surface area contributed by atoms with Crippen molar-refractivity contribution in [1.29, 1.82) is 0 Å². The minimum absolute atomic E-state index is 0.152. The van der Waals surface area contributed by atoms with Gasteiger partial charge in [-0.15, -0.1) is 5.10 Å². The summed E-state index contributed by atoms with van der Waals surface area (Å²) in [5, 5.41) is 19.1. The molecule has 1 amide bonds. The number of anilines is 1. The summed E-state index contributed by atoms with van der Waals surface area (Å²) in [7, 11) is 0. The lowest BCUT2D eigenvalue weighted by Crippen LogP contribution is -2.61. The summed E-state index contributed by atoms with van der Waals surface area (Å²) in [6.45, 7) is 0.968. The smallest absolute Gasteiger partial charge is 0.417 e. The van der Waals surface area contributed by atoms with Crippen LogP contribution in [-0.4, -0.2) is 45.4 Å². The van der Waals surface area contributed by atoms with Crippen LogP contribution in [-0.2, 0) is 9.59 Å². The number of amides is 1. The third kappa shape index (κ3) is 3.44. The Morgan fingerprint density at radius 2 is 1.95 bits per heavy atom. The Balaban J connectivity index is 2.65. The number of carbonyl (C=O) groups excluding carboxylic acids is 1. The van der Waals surface area contributed by atoms with Crippen molar-refractivity contribution in [2.45, 2.75) is 25.6 Å². The Bertz CT molecular complexity index is 516. The zero-order chi connectivity index (χ0) is 15.6. The van der Waals surface area contributed by atoms with Crippen LogP contribution in [0.2, 0.25) is 0 Å². The molecule has 8 nitrogen and oxygen atoms in total. The molecule has 0 saturated heterocycles. The molecule has 0 fully saturated rings. The number of aromatic nitrogens is 2. The Hall–Kier alpha value is -2.17. The van der Waals surface area contributed by atoms with Crippen molar-refractivity contribution in [3.63, 3.8) is 0 Å². The summed E-state index contributed by atoms with van der Waals surface area (Å²) in [6, 6.07) is -0.293. The number of nitrogens with zero attached hydrogens (tertiary/aromatic N) is 2. The molecule has 0 spiro atoms. The second-order valence-electron chi connectivity index (χ2n) is 3.96. The van der Waals surface area contributed by atoms with Gasteiger partial charge in [0, 0.05) is 6.92 Å². The predicted molar refractivity (Wildman–Crippen MR) is 57.8 cm³/mol. The van der Waals surface area contributed by atoms with Gasteiger partial charge in [-0.25, -0.2) is 4.79 Å². The van der Waals surface area contributed by atoms with E-state index >= 15 is 0 Å². The molecule has 112 valence electrons. The van der Waals surface area contributed by atoms with Crippen LogP contribution >= 0.6 is 0 Å². The van der Waals surface area contributed by atoms with Gasteiger partial charge in [0.25, 0.3) is 0 Å². The van der Waals surface area contributed by atoms with Crippen LogP contribution in [0, 0.1) is 6.92 Å². The van der Waals surface area contributed by atoms with E-state index in [0.717, 1.165) is 0 Å². The third-order valence-corrected chi connectivity index (χ3v) is 2.37. The molecule has 0 aromatic carbocycles. The number of aliphatic carboxylic acids is 1. The summed E-state index contributed by atoms with van der Waals surface area (Å²) in [4.78, 5) is 22.0. The van der Waals surface area contributed by atoms with Gasteiger partial charge in [-0.3, -0.25) is 15.4 Å². The van der Waals surface area contributed by atoms with Crippen molar-refractivity contribution in [2.24, 2.45) is 0 Å². The van der Waals surface area contributed by atoms with Gasteiger partial charge in [0.1, 0.15) is 0 Å². The molecule has 0 aliphatic rings. The second-order valence-corrected chi connectivity index (χ2v) is 3.96. The first-order valence-corrected chi connectivity index (χ1v) is 5.21. The summed E-state index contributed by atoms with van der Waals surface area (Å²) < 4.78 is 42.6. The van der Waals surface area contributed by atoms with E-state index in [0.29, 0.717) is 6.92 Å². The molecule has 1 rings (SSSR count). The van der Waals surface area contributed by atoms with E-state index in [-0.39, 0.29) is 11.9 Å². The van der Waals surface area contributed by atoms with Crippen LogP contribution in [0.5, 0.6) is 0 Å². The normalized spacial score (nSPS) is 14.7. The Morgan fingerprint density at radius 3 is 2.35 bits per heavy atom. The van der Waals surface area contributed by atoms with Gasteiger partial charge in [-0.05, 0) is 6.92 Å². The fourth-order valence-electron chi connectivity index (χ4n) is 1.06. The molecule has 3 N–H and O–H groups in total. The van der Waals surface area contributed by atoms with Crippen LogP contribution in [0.3, 0.4) is 0 Å². The van der Waals surface area contributed by atoms with Crippen molar-refractivity contribution in [1.82, 2.24) is 15.5 Å². The van der Waals surface area contributed by atoms with Gasteiger partial charge in [0.2, 0.25) is 17.3 Å². The van der Waals surface area contributed by atoms with E-state index in [9.17, 15) is 22.8 Å². The molecular formula is C9H11F3N4O4. The van der Waals surface area contributed by atoms with Gasteiger partial charge in [0.05, 0.1) is 6.54 Å². The highest BCUT2D eigenvalue weighted by atomic mass is 19.4. The fraction of sp³-hybridized carbons (Fsp3) is 0.556. The van der Waals surface area contributed by atoms with Gasteiger partial charge in [0.15, 0.2) is 0 Å². The zero-order valence-corrected chi connectivity index (χ0v) is 10.4. The molecule has 0 bridgehead atoms. The monoisotopic (exact) mass is 296 g/mol. The third-order valence-electron chi connectivity index (χ3n) is 2.37. The van der Waals surface area contributed by atoms with E-state index in [1.807, 2.05) is 5.32 Å². The predicted octanol–water partition coefficient (Wildman–Crippen LogP) is 0.312. The van der Waals surface area contributed by atoms with Gasteiger partial charge < -0.3 is 9.52 Å². The quantitative estimate of drug-likeness (QED) is 0.715. The lowest BCUT2D eigenvalue weighted by atomic mass is 10.0. The molecule has 20 heavy (non-hydrogen) atoms. The topological polar surface area (TPSA) is 117 Å². The maximum absolute atomic E-state index is 12.6. The van der Waals surface area contributed by atoms with Gasteiger partial charge in [-0.1, -0.05) is 5.10 Å². The van der Waals surface area contributed by atoms with Crippen molar-refractivity contribution in [3.05, 3.63) is 5.89 Å². The molecule has 1 aromatic heterocycles. The first kappa shape index (κ1) is 15.9. The fourth-order valence-corrected chi connectivity index (χ4v) is 1.06. The number of hydrogen-bond acceptors (Lipinski definition) is 6. The summed E-state index contributed by atoms with van der Waals surface area (Å²) in [5.41, 5.74) is -3.24. The molecular weight excluding hydrogens is 285 g/mol. The van der Waals surface area contributed by atoms with Crippen molar-refractivity contribution in [2.75, 3.05) is 11.9 Å². The molecule has 1 unspecified atom stereocenters. The molecule has 1 atom stereocenters. The van der Waals surface area contributed by atoms with Crippen LogP contribution in [0.1, 0.15) is 12.8 Å². The average molecular weight is 296 g/mol. The van der Waals surface area contributed by atoms with Gasteiger partial charge >= 0.3 is 18.2 Å². The van der Waals surface area contributed by atoms with Crippen molar-refractivity contribution >= 4 is 17.9 Å². The molecule has 1 aromatic rings. The maximum Gasteiger partial charge on any atom is 0.417 e. The number of nitrogens with one attached hydrogen (secondary N) is 2. The standard InChI is InChI=1S/C9H11F3N4O4/c1-4-15-16-7(20-4)14-5(17)3-13-8(2,6(18)19)9(10,11)12/h13H,3H2,1-2H3,(H,18,19)(H,14,16,17). The lowest BCUT2D eigenvalue weighted by molar-refractivity contribution is -0.205. The van der Waals surface area contributed by atoms with Gasteiger partial charge in [-0.2, -0.15) is 13.2 Å². The van der Waals surface area contributed by atoms with Crippen molar-refractivity contribution in [3.8, 4) is 0 Å². The van der Waals surface area contributed by atoms with Crippen LogP contribution in [0.4, 0.5) is 19.2 Å². The highest BCUT2D eigenvalue weighted by Crippen LogP contribution is 2.30. The highest BCUT2D eigenvalue weighted by Gasteiger charge is 2.57.